The van der Waals surface area contributed by atoms with E-state index in [1.165, 1.54) is 0 Å². The average molecular weight is 435 g/mol. The number of aryl methyl sites for hydroxylation is 2. The van der Waals surface area contributed by atoms with E-state index in [0.717, 1.165) is 24.0 Å². The molecule has 32 heavy (non-hydrogen) atoms. The third-order valence-electron chi connectivity index (χ3n) is 7.49. The molecule has 2 bridgehead atoms. The predicted octanol–water partition coefficient (Wildman–Crippen LogP) is 6.15. The van der Waals surface area contributed by atoms with Crippen molar-refractivity contribution in [1.29, 1.82) is 0 Å². The molecule has 0 aliphatic heterocycles. The number of ether oxygens (including phenoxy) is 2. The summed E-state index contributed by atoms with van der Waals surface area (Å²) >= 11 is 0. The number of rotatable bonds is 4. The van der Waals surface area contributed by atoms with Crippen LogP contribution in [-0.2, 0) is 9.47 Å². The van der Waals surface area contributed by atoms with Crippen LogP contribution in [0.25, 0.3) is 0 Å². The van der Waals surface area contributed by atoms with E-state index in [1.54, 1.807) is 12.1 Å². The van der Waals surface area contributed by atoms with Crippen LogP contribution in [0.2, 0.25) is 0 Å². The summed E-state index contributed by atoms with van der Waals surface area (Å²) < 4.78 is 12.4. The van der Waals surface area contributed by atoms with Crippen LogP contribution in [0.4, 0.5) is 0 Å². The zero-order valence-corrected chi connectivity index (χ0v) is 20.0. The molecule has 0 heterocycles. The highest BCUT2D eigenvalue weighted by Crippen LogP contribution is 2.62. The normalized spacial score (nSPS) is 30.6. The van der Waals surface area contributed by atoms with Crippen molar-refractivity contribution in [3.8, 4) is 0 Å². The summed E-state index contributed by atoms with van der Waals surface area (Å²) in [5.41, 5.74) is 2.81. The molecular formula is C28H34O4. The standard InChI is InChI=1S/C28H34O4/c1-17-9-7-11-20(13-17)25(29)31-23-22-19(3)15-28(6,16-27(22,4)5)24(23)32-26(30)21-12-8-10-18(2)14-21/h7-14,19,22-24H,15-16H2,1-6H3. The summed E-state index contributed by atoms with van der Waals surface area (Å²) in [5, 5.41) is 0. The molecule has 5 rings (SSSR count). The van der Waals surface area contributed by atoms with Gasteiger partial charge in [0.25, 0.3) is 0 Å². The van der Waals surface area contributed by atoms with E-state index >= 15 is 0 Å². The van der Waals surface area contributed by atoms with Gasteiger partial charge < -0.3 is 9.47 Å². The van der Waals surface area contributed by atoms with Crippen LogP contribution < -0.4 is 0 Å². The van der Waals surface area contributed by atoms with Crippen molar-refractivity contribution in [3.63, 3.8) is 0 Å². The molecule has 4 heteroatoms. The molecule has 2 aromatic rings. The van der Waals surface area contributed by atoms with Gasteiger partial charge in [0, 0.05) is 11.3 Å². The van der Waals surface area contributed by atoms with Crippen LogP contribution in [0.3, 0.4) is 0 Å². The molecule has 2 aromatic carbocycles. The number of hydrogen-bond donors (Lipinski definition) is 0. The molecular weight excluding hydrogens is 400 g/mol. The molecule has 3 saturated carbocycles. The molecule has 0 radical (unpaired) electrons. The second-order valence-corrected chi connectivity index (χ2v) is 11.0. The monoisotopic (exact) mass is 434 g/mol. The summed E-state index contributed by atoms with van der Waals surface area (Å²) in [4.78, 5) is 26.3. The molecule has 3 aliphatic rings. The Hall–Kier alpha value is -2.62. The summed E-state index contributed by atoms with van der Waals surface area (Å²) in [5.74, 6) is -0.217. The van der Waals surface area contributed by atoms with Gasteiger partial charge in [0.05, 0.1) is 11.1 Å². The van der Waals surface area contributed by atoms with E-state index in [9.17, 15) is 9.59 Å². The Morgan fingerprint density at radius 1 is 0.875 bits per heavy atom. The largest absolute Gasteiger partial charge is 0.454 e. The van der Waals surface area contributed by atoms with Crippen LogP contribution in [-0.4, -0.2) is 24.1 Å². The average Bonchev–Trinajstić information content (AvgIpc) is 2.68. The summed E-state index contributed by atoms with van der Waals surface area (Å²) in [6, 6.07) is 14.9. The fraction of sp³-hybridized carbons (Fsp3) is 0.500. The van der Waals surface area contributed by atoms with Crippen molar-refractivity contribution < 1.29 is 19.1 Å². The Balaban J connectivity index is 1.67. The van der Waals surface area contributed by atoms with E-state index in [2.05, 4.69) is 27.7 Å². The van der Waals surface area contributed by atoms with Crippen molar-refractivity contribution >= 4 is 11.9 Å². The van der Waals surface area contributed by atoms with Crippen molar-refractivity contribution in [3.05, 3.63) is 70.8 Å². The first kappa shape index (κ1) is 22.6. The quantitative estimate of drug-likeness (QED) is 0.542. The van der Waals surface area contributed by atoms with E-state index in [1.807, 2.05) is 50.2 Å². The molecule has 0 amide bonds. The third-order valence-corrected chi connectivity index (χ3v) is 7.49. The molecule has 3 fully saturated rings. The van der Waals surface area contributed by atoms with E-state index in [-0.39, 0.29) is 28.7 Å². The van der Waals surface area contributed by atoms with Gasteiger partial charge in [0.2, 0.25) is 0 Å². The van der Waals surface area contributed by atoms with Crippen LogP contribution in [0.15, 0.2) is 48.5 Å². The molecule has 3 aliphatic carbocycles. The molecule has 0 saturated heterocycles. The predicted molar refractivity (Wildman–Crippen MR) is 125 cm³/mol. The first-order chi connectivity index (χ1) is 15.0. The Morgan fingerprint density at radius 3 is 1.91 bits per heavy atom. The number of fused-ring (bicyclic) bond motifs is 3. The van der Waals surface area contributed by atoms with Gasteiger partial charge in [-0.2, -0.15) is 0 Å². The summed E-state index contributed by atoms with van der Waals surface area (Å²) in [6.07, 6.45) is 0.928. The van der Waals surface area contributed by atoms with Crippen LogP contribution in [0.5, 0.6) is 0 Å². The lowest BCUT2D eigenvalue weighted by molar-refractivity contribution is -0.218. The zero-order chi connectivity index (χ0) is 23.3. The van der Waals surface area contributed by atoms with E-state index in [4.69, 9.17) is 9.47 Å². The maximum atomic E-state index is 13.1. The van der Waals surface area contributed by atoms with Crippen LogP contribution in [0, 0.1) is 36.5 Å². The number of carbonyl (C=O) groups is 2. The number of carbonyl (C=O) groups excluding carboxylic acids is 2. The Morgan fingerprint density at radius 2 is 1.41 bits per heavy atom. The van der Waals surface area contributed by atoms with Gasteiger partial charge in [-0.1, -0.05) is 63.1 Å². The maximum Gasteiger partial charge on any atom is 0.338 e. The topological polar surface area (TPSA) is 52.6 Å². The SMILES string of the molecule is Cc1cccc(C(=O)OC2C3C(C)CC(C)(CC3(C)C)C2OC(=O)c2cccc(C)c2)c1. The number of benzene rings is 2. The zero-order valence-electron chi connectivity index (χ0n) is 20.0. The van der Waals surface area contributed by atoms with Crippen molar-refractivity contribution in [2.75, 3.05) is 0 Å². The minimum absolute atomic E-state index is 0.0176. The molecule has 5 atom stereocenters. The second-order valence-electron chi connectivity index (χ2n) is 11.0. The fourth-order valence-corrected chi connectivity index (χ4v) is 6.70. The molecule has 5 unspecified atom stereocenters. The Kier molecular flexibility index (Phi) is 5.68. The van der Waals surface area contributed by atoms with Gasteiger partial charge in [0.1, 0.15) is 12.2 Å². The second kappa shape index (κ2) is 8.06. The van der Waals surface area contributed by atoms with Gasteiger partial charge >= 0.3 is 11.9 Å². The lowest BCUT2D eigenvalue weighted by atomic mass is 9.46. The van der Waals surface area contributed by atoms with Gasteiger partial charge in [-0.15, -0.1) is 0 Å². The Labute approximate surface area is 191 Å². The number of esters is 2. The highest BCUT2D eigenvalue weighted by atomic mass is 16.6. The highest BCUT2D eigenvalue weighted by molar-refractivity contribution is 5.90. The maximum absolute atomic E-state index is 13.1. The lowest BCUT2D eigenvalue weighted by Gasteiger charge is -2.62. The molecule has 0 N–H and O–H groups in total. The molecule has 4 nitrogen and oxygen atoms in total. The molecule has 0 spiro atoms. The first-order valence-electron chi connectivity index (χ1n) is 11.6. The summed E-state index contributed by atoms with van der Waals surface area (Å²) in [7, 11) is 0. The van der Waals surface area contributed by atoms with Gasteiger partial charge in [0.15, 0.2) is 0 Å². The van der Waals surface area contributed by atoms with E-state index < -0.39 is 12.2 Å². The minimum atomic E-state index is -0.478. The Bertz CT molecular complexity index is 1040. The number of hydrogen-bond acceptors (Lipinski definition) is 4. The highest BCUT2D eigenvalue weighted by Gasteiger charge is 2.63. The lowest BCUT2D eigenvalue weighted by Crippen LogP contribution is -2.65. The van der Waals surface area contributed by atoms with Crippen molar-refractivity contribution in [2.45, 2.75) is 66.6 Å². The van der Waals surface area contributed by atoms with Crippen LogP contribution in [0.1, 0.15) is 72.4 Å². The van der Waals surface area contributed by atoms with Crippen molar-refractivity contribution in [2.24, 2.45) is 22.7 Å². The molecule has 0 aromatic heterocycles. The summed E-state index contributed by atoms with van der Waals surface area (Å²) in [6.45, 7) is 12.8. The van der Waals surface area contributed by atoms with Gasteiger partial charge in [-0.3, -0.25) is 0 Å². The van der Waals surface area contributed by atoms with E-state index in [0.29, 0.717) is 17.0 Å². The fourth-order valence-electron chi connectivity index (χ4n) is 6.70. The first-order valence-corrected chi connectivity index (χ1v) is 11.6. The van der Waals surface area contributed by atoms with Crippen LogP contribution >= 0.6 is 0 Å². The minimum Gasteiger partial charge on any atom is -0.454 e. The van der Waals surface area contributed by atoms with Gasteiger partial charge in [-0.25, -0.2) is 9.59 Å². The molecule has 170 valence electrons. The third kappa shape index (κ3) is 4.07. The van der Waals surface area contributed by atoms with Gasteiger partial charge in [-0.05, 0) is 62.3 Å². The smallest absolute Gasteiger partial charge is 0.338 e. The van der Waals surface area contributed by atoms with Crippen molar-refractivity contribution in [1.82, 2.24) is 0 Å².